The molecule has 2 aromatic carbocycles. The lowest BCUT2D eigenvalue weighted by atomic mass is 10.2. The average Bonchev–Trinajstić information content (AvgIpc) is 3.29. The summed E-state index contributed by atoms with van der Waals surface area (Å²) in [6.45, 7) is 0.558. The van der Waals surface area contributed by atoms with Gasteiger partial charge in [-0.3, -0.25) is 4.79 Å². The Hall–Kier alpha value is -2.99. The predicted octanol–water partition coefficient (Wildman–Crippen LogP) is 3.85. The summed E-state index contributed by atoms with van der Waals surface area (Å²) < 4.78 is 6.63. The van der Waals surface area contributed by atoms with E-state index < -0.39 is 0 Å². The molecule has 0 aliphatic rings. The van der Waals surface area contributed by atoms with Crippen molar-refractivity contribution >= 4 is 27.5 Å². The van der Waals surface area contributed by atoms with Gasteiger partial charge in [0.25, 0.3) is 0 Å². The zero-order valence-electron chi connectivity index (χ0n) is 14.0. The Kier molecular flexibility index (Phi) is 4.75. The van der Waals surface area contributed by atoms with E-state index in [9.17, 15) is 4.79 Å². The van der Waals surface area contributed by atoms with Crippen molar-refractivity contribution in [3.8, 4) is 11.5 Å². The van der Waals surface area contributed by atoms with Crippen LogP contribution < -0.4 is 5.32 Å². The molecule has 26 heavy (non-hydrogen) atoms. The van der Waals surface area contributed by atoms with Crippen LogP contribution in [0.4, 0.5) is 0 Å². The Morgan fingerprint density at radius 1 is 1.04 bits per heavy atom. The van der Waals surface area contributed by atoms with E-state index in [4.69, 9.17) is 4.42 Å². The van der Waals surface area contributed by atoms with E-state index in [2.05, 4.69) is 21.4 Å². The highest BCUT2D eigenvalue weighted by atomic mass is 32.1. The standard InChI is InChI=1S/C20H17N3O2S/c24-18(12-15-13-25-20(22-15)14-6-2-1-3-7-14)21-11-10-19-23-16-8-4-5-9-17(16)26-19/h1-9,13H,10-12H2,(H,21,24). The number of rotatable bonds is 6. The summed E-state index contributed by atoms with van der Waals surface area (Å²) in [6, 6.07) is 17.7. The molecule has 4 aromatic rings. The van der Waals surface area contributed by atoms with Crippen molar-refractivity contribution in [3.63, 3.8) is 0 Å². The number of hydrogen-bond acceptors (Lipinski definition) is 5. The fourth-order valence-electron chi connectivity index (χ4n) is 2.66. The van der Waals surface area contributed by atoms with E-state index in [-0.39, 0.29) is 12.3 Å². The topological polar surface area (TPSA) is 68.0 Å². The number of amides is 1. The normalized spacial score (nSPS) is 10.9. The lowest BCUT2D eigenvalue weighted by molar-refractivity contribution is -0.120. The van der Waals surface area contributed by atoms with Crippen molar-refractivity contribution < 1.29 is 9.21 Å². The molecule has 0 atom stereocenters. The second kappa shape index (κ2) is 7.49. The number of nitrogens with one attached hydrogen (secondary N) is 1. The second-order valence-corrected chi connectivity index (χ2v) is 6.98. The highest BCUT2D eigenvalue weighted by molar-refractivity contribution is 7.18. The van der Waals surface area contributed by atoms with E-state index in [1.54, 1.807) is 11.3 Å². The zero-order chi connectivity index (χ0) is 17.8. The average molecular weight is 363 g/mol. The summed E-state index contributed by atoms with van der Waals surface area (Å²) >= 11 is 1.66. The Balaban J connectivity index is 1.29. The van der Waals surface area contributed by atoms with Gasteiger partial charge in [0.15, 0.2) is 0 Å². The molecule has 0 saturated carbocycles. The van der Waals surface area contributed by atoms with Crippen molar-refractivity contribution in [2.24, 2.45) is 0 Å². The third-order valence-electron chi connectivity index (χ3n) is 3.91. The van der Waals surface area contributed by atoms with Crippen LogP contribution in [-0.4, -0.2) is 22.4 Å². The Morgan fingerprint density at radius 3 is 2.69 bits per heavy atom. The summed E-state index contributed by atoms with van der Waals surface area (Å²) in [6.07, 6.45) is 2.46. The van der Waals surface area contributed by atoms with E-state index in [1.165, 1.54) is 11.0 Å². The summed E-state index contributed by atoms with van der Waals surface area (Å²) in [5.41, 5.74) is 2.53. The number of aromatic nitrogens is 2. The van der Waals surface area contributed by atoms with E-state index in [0.717, 1.165) is 22.5 Å². The maximum absolute atomic E-state index is 12.1. The lowest BCUT2D eigenvalue weighted by Crippen LogP contribution is -2.27. The molecule has 6 heteroatoms. The molecule has 130 valence electrons. The maximum atomic E-state index is 12.1. The highest BCUT2D eigenvalue weighted by Gasteiger charge is 2.10. The molecular weight excluding hydrogens is 346 g/mol. The number of hydrogen-bond donors (Lipinski definition) is 1. The monoisotopic (exact) mass is 363 g/mol. The van der Waals surface area contributed by atoms with E-state index >= 15 is 0 Å². The molecule has 2 heterocycles. The summed E-state index contributed by atoms with van der Waals surface area (Å²) in [5.74, 6) is 0.460. The molecule has 0 spiro atoms. The maximum Gasteiger partial charge on any atom is 0.226 e. The molecule has 0 saturated heterocycles. The van der Waals surface area contributed by atoms with Gasteiger partial charge in [0, 0.05) is 18.5 Å². The van der Waals surface area contributed by atoms with Crippen LogP contribution >= 0.6 is 11.3 Å². The van der Waals surface area contributed by atoms with Crippen molar-refractivity contribution in [2.75, 3.05) is 6.54 Å². The Bertz CT molecular complexity index is 991. The second-order valence-electron chi connectivity index (χ2n) is 5.86. The molecular formula is C20H17N3O2S. The molecule has 4 rings (SSSR count). The third kappa shape index (κ3) is 3.81. The third-order valence-corrected chi connectivity index (χ3v) is 5.01. The van der Waals surface area contributed by atoms with Gasteiger partial charge in [0.05, 0.1) is 27.3 Å². The number of para-hydroxylation sites is 1. The molecule has 0 radical (unpaired) electrons. The first kappa shape index (κ1) is 16.5. The molecule has 0 aliphatic carbocycles. The molecule has 0 fully saturated rings. The number of nitrogens with zero attached hydrogens (tertiary/aromatic N) is 2. The molecule has 5 nitrogen and oxygen atoms in total. The summed E-state index contributed by atoms with van der Waals surface area (Å²) in [5, 5.41) is 3.95. The zero-order valence-corrected chi connectivity index (χ0v) is 14.8. The van der Waals surface area contributed by atoms with Gasteiger partial charge in [-0.25, -0.2) is 9.97 Å². The van der Waals surface area contributed by atoms with Gasteiger partial charge in [-0.1, -0.05) is 30.3 Å². The minimum atomic E-state index is -0.0703. The van der Waals surface area contributed by atoms with E-state index in [0.29, 0.717) is 18.1 Å². The van der Waals surface area contributed by atoms with Gasteiger partial charge in [0.1, 0.15) is 6.26 Å². The molecule has 0 bridgehead atoms. The SMILES string of the molecule is O=C(Cc1coc(-c2ccccc2)n1)NCCc1nc2ccccc2s1. The number of thiazole rings is 1. The number of fused-ring (bicyclic) bond motifs is 1. The smallest absolute Gasteiger partial charge is 0.226 e. The van der Waals surface area contributed by atoms with Crippen molar-refractivity contribution in [1.82, 2.24) is 15.3 Å². The van der Waals surface area contributed by atoms with Crippen LogP contribution in [0.15, 0.2) is 65.3 Å². The minimum Gasteiger partial charge on any atom is -0.444 e. The summed E-state index contributed by atoms with van der Waals surface area (Å²) in [4.78, 5) is 21.1. The Labute approximate surface area is 154 Å². The van der Waals surface area contributed by atoms with Gasteiger partial charge in [-0.2, -0.15) is 0 Å². The molecule has 1 amide bonds. The van der Waals surface area contributed by atoms with Crippen LogP contribution in [0.25, 0.3) is 21.7 Å². The van der Waals surface area contributed by atoms with Crippen LogP contribution in [0.3, 0.4) is 0 Å². The number of carbonyl (C=O) groups excluding carboxylic acids is 1. The Morgan fingerprint density at radius 2 is 1.85 bits per heavy atom. The van der Waals surface area contributed by atoms with Crippen molar-refractivity contribution in [2.45, 2.75) is 12.8 Å². The number of carbonyl (C=O) groups is 1. The van der Waals surface area contributed by atoms with E-state index in [1.807, 2.05) is 48.5 Å². The first-order valence-corrected chi connectivity index (χ1v) is 9.20. The highest BCUT2D eigenvalue weighted by Crippen LogP contribution is 2.21. The van der Waals surface area contributed by atoms with Crippen molar-refractivity contribution in [1.29, 1.82) is 0 Å². The van der Waals surface area contributed by atoms with Gasteiger partial charge < -0.3 is 9.73 Å². The quantitative estimate of drug-likeness (QED) is 0.565. The number of benzene rings is 2. The van der Waals surface area contributed by atoms with Crippen LogP contribution in [0.5, 0.6) is 0 Å². The number of oxazole rings is 1. The first-order chi connectivity index (χ1) is 12.8. The molecule has 0 unspecified atom stereocenters. The fraction of sp³-hybridized carbons (Fsp3) is 0.150. The largest absolute Gasteiger partial charge is 0.444 e. The van der Waals surface area contributed by atoms with Crippen molar-refractivity contribution in [3.05, 3.63) is 71.6 Å². The van der Waals surface area contributed by atoms with Gasteiger partial charge >= 0.3 is 0 Å². The first-order valence-electron chi connectivity index (χ1n) is 8.39. The minimum absolute atomic E-state index is 0.0703. The van der Waals surface area contributed by atoms with Crippen LogP contribution in [0.2, 0.25) is 0 Å². The lowest BCUT2D eigenvalue weighted by Gasteiger charge is -2.01. The molecule has 0 aliphatic heterocycles. The van der Waals surface area contributed by atoms with Crippen LogP contribution in [-0.2, 0) is 17.6 Å². The molecule has 2 aromatic heterocycles. The predicted molar refractivity (Wildman–Crippen MR) is 102 cm³/mol. The van der Waals surface area contributed by atoms with Gasteiger partial charge in [-0.05, 0) is 24.3 Å². The van der Waals surface area contributed by atoms with Crippen LogP contribution in [0.1, 0.15) is 10.7 Å². The summed E-state index contributed by atoms with van der Waals surface area (Å²) in [7, 11) is 0. The molecule has 1 N–H and O–H groups in total. The van der Waals surface area contributed by atoms with Gasteiger partial charge in [-0.15, -0.1) is 11.3 Å². The van der Waals surface area contributed by atoms with Crippen LogP contribution in [0, 0.1) is 0 Å². The fourth-order valence-corrected chi connectivity index (χ4v) is 3.63. The van der Waals surface area contributed by atoms with Gasteiger partial charge in [0.2, 0.25) is 11.8 Å².